The molecule has 0 bridgehead atoms. The van der Waals surface area contributed by atoms with E-state index in [1.54, 1.807) is 0 Å². The number of allylic oxidation sites excluding steroid dienone is 1. The Morgan fingerprint density at radius 2 is 1.97 bits per heavy atom. The van der Waals surface area contributed by atoms with Crippen molar-refractivity contribution in [3.05, 3.63) is 11.6 Å². The van der Waals surface area contributed by atoms with E-state index in [1.807, 2.05) is 6.08 Å². The molecule has 3 nitrogen and oxygen atoms in total. The Balaban J connectivity index is 1.49. The quantitative estimate of drug-likeness (QED) is 0.306. The van der Waals surface area contributed by atoms with E-state index < -0.39 is 5.60 Å². The molecule has 0 aromatic rings. The summed E-state index contributed by atoms with van der Waals surface area (Å²) in [6, 6.07) is 0. The van der Waals surface area contributed by atoms with Crippen molar-refractivity contribution in [2.24, 2.45) is 29.1 Å². The van der Waals surface area contributed by atoms with Gasteiger partial charge in [-0.2, -0.15) is 0 Å². The molecule has 4 aliphatic carbocycles. The highest BCUT2D eigenvalue weighted by atomic mass is 16.6. The Bertz CT molecular complexity index is 759. The van der Waals surface area contributed by atoms with Gasteiger partial charge in [-0.3, -0.25) is 9.59 Å². The van der Waals surface area contributed by atoms with E-state index in [2.05, 4.69) is 19.8 Å². The van der Waals surface area contributed by atoms with Gasteiger partial charge in [-0.05, 0) is 81.1 Å². The lowest BCUT2D eigenvalue weighted by Gasteiger charge is -2.55. The molecule has 0 radical (unpaired) electrons. The number of ether oxygens (including phenoxy) is 1. The van der Waals surface area contributed by atoms with Crippen molar-refractivity contribution in [1.82, 2.24) is 0 Å². The molecule has 4 aliphatic rings. The summed E-state index contributed by atoms with van der Waals surface area (Å²) in [4.78, 5) is 24.6. The van der Waals surface area contributed by atoms with Crippen molar-refractivity contribution in [2.75, 3.05) is 0 Å². The second-order valence-electron chi connectivity index (χ2n) is 10.6. The van der Waals surface area contributed by atoms with Gasteiger partial charge < -0.3 is 4.74 Å². The standard InChI is InChI=1S/C27H38O3/c1-4-6-7-8-9-25(29)30-27(5-2)17-15-24-23-12-10-19-18-20(28)11-13-21(19)22(23)14-16-26(24,27)3/h2,18,21-24H,4,6-17H2,1,3H3/t21-,22+,23?,24-,26-,27-/m0/s1. The molecule has 0 saturated heterocycles. The summed E-state index contributed by atoms with van der Waals surface area (Å²) in [5, 5.41) is 0. The van der Waals surface area contributed by atoms with Crippen LogP contribution in [-0.4, -0.2) is 17.4 Å². The lowest BCUT2D eigenvalue weighted by Crippen LogP contribution is -2.53. The molecule has 3 fully saturated rings. The number of ketones is 1. The maximum atomic E-state index is 12.7. The summed E-state index contributed by atoms with van der Waals surface area (Å²) in [5.41, 5.74) is 0.562. The molecule has 1 unspecified atom stereocenters. The van der Waals surface area contributed by atoms with Gasteiger partial charge in [-0.25, -0.2) is 0 Å². The van der Waals surface area contributed by atoms with Gasteiger partial charge >= 0.3 is 5.97 Å². The predicted molar refractivity (Wildman–Crippen MR) is 119 cm³/mol. The van der Waals surface area contributed by atoms with Crippen LogP contribution in [0.3, 0.4) is 0 Å². The minimum Gasteiger partial charge on any atom is -0.445 e. The average Bonchev–Trinajstić information content (AvgIpc) is 3.03. The van der Waals surface area contributed by atoms with Crippen molar-refractivity contribution in [3.8, 4) is 12.3 Å². The van der Waals surface area contributed by atoms with Crippen LogP contribution in [0, 0.1) is 41.4 Å². The number of terminal acetylenes is 1. The number of carbonyl (C=O) groups is 2. The molecule has 0 aromatic heterocycles. The third-order valence-electron chi connectivity index (χ3n) is 9.18. The van der Waals surface area contributed by atoms with Crippen LogP contribution < -0.4 is 0 Å². The number of fused-ring (bicyclic) bond motifs is 5. The van der Waals surface area contributed by atoms with Crippen LogP contribution in [0.2, 0.25) is 0 Å². The molecule has 30 heavy (non-hydrogen) atoms. The SMILES string of the molecule is C#C[C@]1(OC(=O)CCCCCC)CC[C@H]2C3CCC4=CC(=O)CC[C@@H]4[C@H]3CC[C@@]21C. The number of carbonyl (C=O) groups excluding carboxylic acids is 2. The van der Waals surface area contributed by atoms with Gasteiger partial charge in [0.15, 0.2) is 11.4 Å². The molecule has 3 saturated carbocycles. The largest absolute Gasteiger partial charge is 0.445 e. The molecule has 4 rings (SSSR count). The molecule has 6 atom stereocenters. The monoisotopic (exact) mass is 410 g/mol. The van der Waals surface area contributed by atoms with Gasteiger partial charge in [0.1, 0.15) is 0 Å². The number of rotatable bonds is 6. The lowest BCUT2D eigenvalue weighted by molar-refractivity contribution is -0.170. The Labute approximate surface area is 182 Å². The molecule has 0 N–H and O–H groups in total. The van der Waals surface area contributed by atoms with Crippen LogP contribution >= 0.6 is 0 Å². The van der Waals surface area contributed by atoms with Crippen LogP contribution in [0.4, 0.5) is 0 Å². The fourth-order valence-electron chi connectivity index (χ4n) is 7.55. The first-order valence-corrected chi connectivity index (χ1v) is 12.4. The average molecular weight is 411 g/mol. The zero-order valence-corrected chi connectivity index (χ0v) is 18.9. The third kappa shape index (κ3) is 3.55. The smallest absolute Gasteiger partial charge is 0.307 e. The minimum absolute atomic E-state index is 0.104. The zero-order chi connectivity index (χ0) is 21.4. The van der Waals surface area contributed by atoms with Gasteiger partial charge in [0.25, 0.3) is 0 Å². The molecule has 164 valence electrons. The van der Waals surface area contributed by atoms with Crippen molar-refractivity contribution in [1.29, 1.82) is 0 Å². The van der Waals surface area contributed by atoms with E-state index in [9.17, 15) is 9.59 Å². The van der Waals surface area contributed by atoms with Crippen molar-refractivity contribution in [2.45, 2.75) is 103 Å². The van der Waals surface area contributed by atoms with E-state index in [0.717, 1.165) is 64.2 Å². The van der Waals surface area contributed by atoms with Gasteiger partial charge in [0, 0.05) is 18.3 Å². The molecular formula is C27H38O3. The Morgan fingerprint density at radius 3 is 2.73 bits per heavy atom. The van der Waals surface area contributed by atoms with Gasteiger partial charge in [0.2, 0.25) is 0 Å². The molecule has 0 spiro atoms. The van der Waals surface area contributed by atoms with E-state index in [0.29, 0.717) is 42.3 Å². The van der Waals surface area contributed by atoms with E-state index >= 15 is 0 Å². The highest BCUT2D eigenvalue weighted by molar-refractivity contribution is 5.91. The number of unbranched alkanes of at least 4 members (excludes halogenated alkanes) is 3. The molecule has 0 aromatic carbocycles. The second-order valence-corrected chi connectivity index (χ2v) is 10.6. The molecule has 0 amide bonds. The second kappa shape index (κ2) is 8.52. The highest BCUT2D eigenvalue weighted by Gasteiger charge is 2.64. The van der Waals surface area contributed by atoms with Crippen LogP contribution in [0.1, 0.15) is 97.3 Å². The first-order valence-electron chi connectivity index (χ1n) is 12.4. The van der Waals surface area contributed by atoms with E-state index in [4.69, 9.17) is 11.2 Å². The summed E-state index contributed by atoms with van der Waals surface area (Å²) in [6.45, 7) is 4.48. The minimum atomic E-state index is -0.733. The normalized spacial score (nSPS) is 39.9. The Kier molecular flexibility index (Phi) is 6.16. The van der Waals surface area contributed by atoms with Gasteiger partial charge in [-0.1, -0.05) is 44.6 Å². The number of hydrogen-bond donors (Lipinski definition) is 0. The molecular weight excluding hydrogens is 372 g/mol. The summed E-state index contributed by atoms with van der Waals surface area (Å²) >= 11 is 0. The maximum Gasteiger partial charge on any atom is 0.307 e. The molecule has 0 aliphatic heterocycles. The third-order valence-corrected chi connectivity index (χ3v) is 9.18. The van der Waals surface area contributed by atoms with Gasteiger partial charge in [0.05, 0.1) is 0 Å². The fraction of sp³-hybridized carbons (Fsp3) is 0.778. The van der Waals surface area contributed by atoms with Crippen LogP contribution in [0.5, 0.6) is 0 Å². The lowest BCUT2D eigenvalue weighted by atomic mass is 9.50. The summed E-state index contributed by atoms with van der Waals surface area (Å²) in [7, 11) is 0. The summed E-state index contributed by atoms with van der Waals surface area (Å²) in [5.74, 6) is 5.67. The summed E-state index contributed by atoms with van der Waals surface area (Å²) in [6.07, 6.45) is 20.9. The van der Waals surface area contributed by atoms with Crippen LogP contribution in [-0.2, 0) is 14.3 Å². The van der Waals surface area contributed by atoms with Crippen molar-refractivity contribution < 1.29 is 14.3 Å². The highest BCUT2D eigenvalue weighted by Crippen LogP contribution is 2.65. The first kappa shape index (κ1) is 21.7. The van der Waals surface area contributed by atoms with Crippen molar-refractivity contribution in [3.63, 3.8) is 0 Å². The molecule has 3 heteroatoms. The number of esters is 1. The maximum absolute atomic E-state index is 12.7. The van der Waals surface area contributed by atoms with Crippen LogP contribution in [0.15, 0.2) is 11.6 Å². The van der Waals surface area contributed by atoms with Crippen molar-refractivity contribution >= 4 is 11.8 Å². The van der Waals surface area contributed by atoms with E-state index in [1.165, 1.54) is 12.0 Å². The Morgan fingerprint density at radius 1 is 1.13 bits per heavy atom. The fourth-order valence-corrected chi connectivity index (χ4v) is 7.55. The summed E-state index contributed by atoms with van der Waals surface area (Å²) < 4.78 is 6.17. The van der Waals surface area contributed by atoms with E-state index in [-0.39, 0.29) is 11.4 Å². The van der Waals surface area contributed by atoms with Gasteiger partial charge in [-0.15, -0.1) is 6.42 Å². The zero-order valence-electron chi connectivity index (χ0n) is 18.9. The topological polar surface area (TPSA) is 43.4 Å². The number of hydrogen-bond acceptors (Lipinski definition) is 3. The first-order chi connectivity index (χ1) is 14.4. The molecule has 0 heterocycles. The van der Waals surface area contributed by atoms with Crippen LogP contribution in [0.25, 0.3) is 0 Å². The predicted octanol–water partition coefficient (Wildman–Crippen LogP) is 6.01. The Hall–Kier alpha value is -1.56.